The quantitative estimate of drug-likeness (QED) is 0.381. The third kappa shape index (κ3) is 4.77. The summed E-state index contributed by atoms with van der Waals surface area (Å²) in [6, 6.07) is 13.3. The summed E-state index contributed by atoms with van der Waals surface area (Å²) in [5.74, 6) is -0.778. The standard InChI is InChI=1S/C26H32N4O4S/c1-5-10-20(15-24(31)27-35(33,34)6-2)30-22-13-8-7-12-21(22)29(26(30)32)17-19-16-28(4)23-14-9-11-18(3)25(19)23/h7-9,11-14,16,20H,5-6,10,15,17H2,1-4H3,(H,27,31)/t20-/m0/s1. The van der Waals surface area contributed by atoms with Crippen molar-refractivity contribution in [2.45, 2.75) is 52.6 Å². The Morgan fingerprint density at radius 2 is 1.71 bits per heavy atom. The Balaban J connectivity index is 1.80. The Morgan fingerprint density at radius 3 is 2.40 bits per heavy atom. The Kier molecular flexibility index (Phi) is 6.89. The van der Waals surface area contributed by atoms with E-state index in [9.17, 15) is 18.0 Å². The number of para-hydroxylation sites is 2. The van der Waals surface area contributed by atoms with Crippen LogP contribution < -0.4 is 10.4 Å². The van der Waals surface area contributed by atoms with Gasteiger partial charge in [-0.05, 0) is 49.6 Å². The van der Waals surface area contributed by atoms with Crippen molar-refractivity contribution < 1.29 is 13.2 Å². The normalized spacial score (nSPS) is 12.9. The number of nitrogens with zero attached hydrogens (tertiary/aromatic N) is 3. The fourth-order valence-electron chi connectivity index (χ4n) is 4.92. The lowest BCUT2D eigenvalue weighted by Crippen LogP contribution is -2.35. The van der Waals surface area contributed by atoms with Gasteiger partial charge in [0.1, 0.15) is 0 Å². The molecule has 4 aromatic rings. The lowest BCUT2D eigenvalue weighted by Gasteiger charge is -2.18. The molecule has 0 aliphatic carbocycles. The lowest BCUT2D eigenvalue weighted by molar-refractivity contribution is -0.120. The zero-order valence-electron chi connectivity index (χ0n) is 20.6. The minimum absolute atomic E-state index is 0.0889. The summed E-state index contributed by atoms with van der Waals surface area (Å²) in [6.07, 6.45) is 3.28. The number of rotatable bonds is 9. The molecule has 35 heavy (non-hydrogen) atoms. The number of aryl methyl sites for hydroxylation is 2. The molecule has 2 aromatic heterocycles. The van der Waals surface area contributed by atoms with Gasteiger partial charge in [0.25, 0.3) is 0 Å². The van der Waals surface area contributed by atoms with Crippen molar-refractivity contribution in [3.63, 3.8) is 0 Å². The van der Waals surface area contributed by atoms with Crippen LogP contribution >= 0.6 is 0 Å². The molecule has 4 rings (SSSR count). The van der Waals surface area contributed by atoms with Crippen molar-refractivity contribution in [2.75, 3.05) is 5.75 Å². The molecule has 0 unspecified atom stereocenters. The second-order valence-electron chi connectivity index (χ2n) is 9.04. The molecule has 1 N–H and O–H groups in total. The van der Waals surface area contributed by atoms with Crippen molar-refractivity contribution >= 4 is 37.9 Å². The summed E-state index contributed by atoms with van der Waals surface area (Å²) in [6.45, 7) is 5.92. The number of carbonyl (C=O) groups is 1. The molecule has 0 spiro atoms. The molecule has 8 nitrogen and oxygen atoms in total. The molecule has 2 heterocycles. The summed E-state index contributed by atoms with van der Waals surface area (Å²) in [7, 11) is -1.67. The van der Waals surface area contributed by atoms with Crippen molar-refractivity contribution in [1.82, 2.24) is 18.4 Å². The fraction of sp³-hybridized carbons (Fsp3) is 0.385. The summed E-state index contributed by atoms with van der Waals surface area (Å²) in [5, 5.41) is 1.13. The van der Waals surface area contributed by atoms with E-state index in [-0.39, 0.29) is 17.9 Å². The Morgan fingerprint density at radius 1 is 1.03 bits per heavy atom. The summed E-state index contributed by atoms with van der Waals surface area (Å²) in [4.78, 5) is 26.4. The minimum atomic E-state index is -3.67. The number of imidazole rings is 1. The van der Waals surface area contributed by atoms with Gasteiger partial charge in [-0.2, -0.15) is 0 Å². The van der Waals surface area contributed by atoms with Crippen molar-refractivity contribution in [3.05, 3.63) is 70.3 Å². The van der Waals surface area contributed by atoms with Crippen LogP contribution in [0.4, 0.5) is 0 Å². The molecule has 0 bridgehead atoms. The highest BCUT2D eigenvalue weighted by Crippen LogP contribution is 2.27. The van der Waals surface area contributed by atoms with E-state index in [4.69, 9.17) is 0 Å². The highest BCUT2D eigenvalue weighted by atomic mass is 32.2. The fourth-order valence-corrected chi connectivity index (χ4v) is 5.49. The van der Waals surface area contributed by atoms with E-state index in [1.165, 1.54) is 6.92 Å². The second-order valence-corrected chi connectivity index (χ2v) is 11.0. The van der Waals surface area contributed by atoms with Crippen molar-refractivity contribution in [1.29, 1.82) is 0 Å². The first-order valence-corrected chi connectivity index (χ1v) is 13.6. The van der Waals surface area contributed by atoms with Crippen LogP contribution in [0.15, 0.2) is 53.5 Å². The van der Waals surface area contributed by atoms with Crippen LogP contribution in [0.5, 0.6) is 0 Å². The van der Waals surface area contributed by atoms with Crippen LogP contribution in [-0.4, -0.2) is 33.8 Å². The third-order valence-electron chi connectivity index (χ3n) is 6.56. The first-order chi connectivity index (χ1) is 16.7. The molecule has 0 aliphatic heterocycles. The molecule has 1 amide bonds. The number of benzene rings is 2. The summed E-state index contributed by atoms with van der Waals surface area (Å²) < 4.78 is 31.4. The Bertz CT molecular complexity index is 1560. The van der Waals surface area contributed by atoms with Crippen molar-refractivity contribution in [2.24, 2.45) is 7.05 Å². The largest absolute Gasteiger partial charge is 0.350 e. The number of sulfonamides is 1. The average Bonchev–Trinajstić information content (AvgIpc) is 3.28. The molecule has 2 aromatic carbocycles. The van der Waals surface area contributed by atoms with E-state index in [1.807, 2.05) is 44.3 Å². The number of carbonyl (C=O) groups excluding carboxylic acids is 1. The van der Waals surface area contributed by atoms with Gasteiger partial charge in [0, 0.05) is 36.6 Å². The third-order valence-corrected chi connectivity index (χ3v) is 7.86. The van der Waals surface area contributed by atoms with Crippen LogP contribution in [0.25, 0.3) is 21.9 Å². The number of amides is 1. The predicted octanol–water partition coefficient (Wildman–Crippen LogP) is 3.85. The van der Waals surface area contributed by atoms with Gasteiger partial charge in [0.2, 0.25) is 15.9 Å². The van der Waals surface area contributed by atoms with Gasteiger partial charge in [0.15, 0.2) is 0 Å². The van der Waals surface area contributed by atoms with E-state index in [0.717, 1.165) is 39.5 Å². The maximum absolute atomic E-state index is 13.8. The molecule has 0 aliphatic rings. The first-order valence-electron chi connectivity index (χ1n) is 11.9. The highest BCUT2D eigenvalue weighted by molar-refractivity contribution is 7.90. The van der Waals surface area contributed by atoms with E-state index in [1.54, 1.807) is 9.13 Å². The molecular weight excluding hydrogens is 464 g/mol. The molecule has 1 atom stereocenters. The molecule has 0 saturated heterocycles. The Hall–Kier alpha value is -3.33. The van der Waals surface area contributed by atoms with Crippen LogP contribution in [-0.2, 0) is 28.4 Å². The zero-order chi connectivity index (χ0) is 25.3. The average molecular weight is 497 g/mol. The molecule has 0 fully saturated rings. The van der Waals surface area contributed by atoms with Crippen LogP contribution in [0.2, 0.25) is 0 Å². The van der Waals surface area contributed by atoms with Crippen LogP contribution in [0, 0.1) is 6.92 Å². The van der Waals surface area contributed by atoms with E-state index in [2.05, 4.69) is 34.5 Å². The topological polar surface area (TPSA) is 95.1 Å². The van der Waals surface area contributed by atoms with E-state index in [0.29, 0.717) is 13.0 Å². The Labute approximate surface area is 205 Å². The molecule has 0 radical (unpaired) electrons. The number of fused-ring (bicyclic) bond motifs is 2. The SMILES string of the molecule is CCC[C@@H](CC(=O)NS(=O)(=O)CC)n1c(=O)n(Cc2cn(C)c3cccc(C)c23)c2ccccc21. The molecular formula is C26H32N4O4S. The van der Waals surface area contributed by atoms with Gasteiger partial charge in [0.05, 0.1) is 23.3 Å². The smallest absolute Gasteiger partial charge is 0.329 e. The number of hydrogen-bond acceptors (Lipinski definition) is 4. The van der Waals surface area contributed by atoms with Gasteiger partial charge >= 0.3 is 5.69 Å². The van der Waals surface area contributed by atoms with Gasteiger partial charge in [-0.25, -0.2) is 13.2 Å². The second kappa shape index (κ2) is 9.73. The molecule has 9 heteroatoms. The number of hydrogen-bond donors (Lipinski definition) is 1. The first kappa shape index (κ1) is 24.8. The summed E-state index contributed by atoms with van der Waals surface area (Å²) >= 11 is 0. The van der Waals surface area contributed by atoms with Crippen molar-refractivity contribution in [3.8, 4) is 0 Å². The summed E-state index contributed by atoms with van der Waals surface area (Å²) in [5.41, 5.74) is 4.61. The molecule has 186 valence electrons. The maximum Gasteiger partial charge on any atom is 0.329 e. The van der Waals surface area contributed by atoms with Crippen LogP contribution in [0.3, 0.4) is 0 Å². The van der Waals surface area contributed by atoms with E-state index < -0.39 is 22.0 Å². The van der Waals surface area contributed by atoms with Crippen LogP contribution in [0.1, 0.15) is 50.3 Å². The maximum atomic E-state index is 13.8. The van der Waals surface area contributed by atoms with Gasteiger partial charge in [-0.15, -0.1) is 0 Å². The molecule has 0 saturated carbocycles. The number of aromatic nitrogens is 3. The predicted molar refractivity (Wildman–Crippen MR) is 139 cm³/mol. The van der Waals surface area contributed by atoms with Gasteiger partial charge < -0.3 is 4.57 Å². The highest BCUT2D eigenvalue weighted by Gasteiger charge is 2.24. The van der Waals surface area contributed by atoms with E-state index >= 15 is 0 Å². The van der Waals surface area contributed by atoms with Gasteiger partial charge in [-0.3, -0.25) is 18.7 Å². The lowest BCUT2D eigenvalue weighted by atomic mass is 10.1. The number of nitrogens with one attached hydrogen (secondary N) is 1. The van der Waals surface area contributed by atoms with Gasteiger partial charge in [-0.1, -0.05) is 37.6 Å². The monoisotopic (exact) mass is 496 g/mol. The zero-order valence-corrected chi connectivity index (χ0v) is 21.4. The minimum Gasteiger partial charge on any atom is -0.350 e.